The molecular weight excluding hydrogens is 144 g/mol. The summed E-state index contributed by atoms with van der Waals surface area (Å²) in [5.41, 5.74) is 4.15. The van der Waals surface area contributed by atoms with E-state index >= 15 is 0 Å². The topological polar surface area (TPSA) is 87.1 Å². The normalized spacial score (nSPS) is 7.27. The number of nitriles is 1. The lowest BCUT2D eigenvalue weighted by Crippen LogP contribution is -1.92. The van der Waals surface area contributed by atoms with Crippen LogP contribution in [0.4, 0.5) is 0 Å². The van der Waals surface area contributed by atoms with Crippen LogP contribution >= 0.6 is 0 Å². The lowest BCUT2D eigenvalue weighted by molar-refractivity contribution is -0.137. The van der Waals surface area contributed by atoms with E-state index in [9.17, 15) is 4.79 Å². The number of carbonyl (C=O) groups is 1. The smallest absolute Gasteiger partial charge is 0.303 e. The van der Waals surface area contributed by atoms with E-state index in [0.29, 0.717) is 6.42 Å². The molecule has 4 nitrogen and oxygen atoms in total. The van der Waals surface area contributed by atoms with Gasteiger partial charge in [-0.1, -0.05) is 19.8 Å². The highest BCUT2D eigenvalue weighted by Crippen LogP contribution is 1.97. The van der Waals surface area contributed by atoms with Gasteiger partial charge in [-0.15, -0.1) is 0 Å². The zero-order valence-electron chi connectivity index (χ0n) is 6.71. The van der Waals surface area contributed by atoms with Gasteiger partial charge in [0.15, 0.2) is 6.19 Å². The van der Waals surface area contributed by atoms with Crippen LogP contribution in [0.2, 0.25) is 0 Å². The Labute approximate surface area is 66.6 Å². The van der Waals surface area contributed by atoms with Crippen molar-refractivity contribution in [3.63, 3.8) is 0 Å². The van der Waals surface area contributed by atoms with Crippen molar-refractivity contribution in [3.8, 4) is 6.19 Å². The SMILES string of the molecule is CCCCCC(=O)O.N#CN. The number of nitrogens with two attached hydrogens (primary N) is 1. The van der Waals surface area contributed by atoms with E-state index in [1.807, 2.05) is 0 Å². The van der Waals surface area contributed by atoms with Gasteiger partial charge in [-0.25, -0.2) is 0 Å². The van der Waals surface area contributed by atoms with Crippen molar-refractivity contribution in [2.75, 3.05) is 0 Å². The molecule has 0 aliphatic rings. The second-order valence-electron chi connectivity index (χ2n) is 1.98. The molecule has 0 fully saturated rings. The predicted molar refractivity (Wildman–Crippen MR) is 41.6 cm³/mol. The average Bonchev–Trinajstić information content (AvgIpc) is 1.89. The zero-order chi connectivity index (χ0) is 9.11. The van der Waals surface area contributed by atoms with Gasteiger partial charge >= 0.3 is 5.97 Å². The fourth-order valence-electron chi connectivity index (χ4n) is 0.526. The number of rotatable bonds is 4. The molecule has 4 heteroatoms. The highest BCUT2D eigenvalue weighted by Gasteiger charge is 1.92. The molecule has 0 atom stereocenters. The Morgan fingerprint density at radius 2 is 2.09 bits per heavy atom. The van der Waals surface area contributed by atoms with E-state index in [1.54, 1.807) is 0 Å². The highest BCUT2D eigenvalue weighted by molar-refractivity contribution is 5.66. The summed E-state index contributed by atoms with van der Waals surface area (Å²) >= 11 is 0. The number of hydrogen-bond acceptors (Lipinski definition) is 3. The van der Waals surface area contributed by atoms with Crippen molar-refractivity contribution in [3.05, 3.63) is 0 Å². The predicted octanol–water partition coefficient (Wildman–Crippen LogP) is 1.08. The number of carboxylic acids is 1. The van der Waals surface area contributed by atoms with Crippen molar-refractivity contribution in [1.29, 1.82) is 5.26 Å². The summed E-state index contributed by atoms with van der Waals surface area (Å²) in [5, 5.41) is 15.2. The molecule has 64 valence electrons. The summed E-state index contributed by atoms with van der Waals surface area (Å²) in [7, 11) is 0. The quantitative estimate of drug-likeness (QED) is 0.364. The van der Waals surface area contributed by atoms with Gasteiger partial charge in [0, 0.05) is 6.42 Å². The van der Waals surface area contributed by atoms with Crippen molar-refractivity contribution in [2.45, 2.75) is 32.6 Å². The minimum absolute atomic E-state index is 0.327. The van der Waals surface area contributed by atoms with E-state index in [1.165, 1.54) is 6.19 Å². The fraction of sp³-hybridized carbons (Fsp3) is 0.714. The number of nitrogens with zero attached hydrogens (tertiary/aromatic N) is 1. The second-order valence-corrected chi connectivity index (χ2v) is 1.98. The first kappa shape index (κ1) is 12.4. The van der Waals surface area contributed by atoms with E-state index in [2.05, 4.69) is 12.7 Å². The molecule has 0 saturated heterocycles. The van der Waals surface area contributed by atoms with Gasteiger partial charge in [-0.05, 0) is 6.42 Å². The minimum atomic E-state index is -0.682. The van der Waals surface area contributed by atoms with E-state index in [4.69, 9.17) is 10.4 Å². The lowest BCUT2D eigenvalue weighted by atomic mass is 10.2. The van der Waals surface area contributed by atoms with Crippen LogP contribution in [0.3, 0.4) is 0 Å². The van der Waals surface area contributed by atoms with Crippen LogP contribution in [-0.2, 0) is 4.79 Å². The molecule has 0 unspecified atom stereocenters. The molecule has 0 rings (SSSR count). The maximum Gasteiger partial charge on any atom is 0.303 e. The molecule has 0 saturated carbocycles. The summed E-state index contributed by atoms with van der Waals surface area (Å²) < 4.78 is 0. The Hall–Kier alpha value is -1.24. The molecule has 0 amide bonds. The van der Waals surface area contributed by atoms with Crippen LogP contribution in [-0.4, -0.2) is 11.1 Å². The summed E-state index contributed by atoms with van der Waals surface area (Å²) in [6, 6.07) is 0. The first-order valence-corrected chi connectivity index (χ1v) is 3.50. The molecule has 3 N–H and O–H groups in total. The molecule has 0 aliphatic heterocycles. The average molecular weight is 158 g/mol. The highest BCUT2D eigenvalue weighted by atomic mass is 16.4. The van der Waals surface area contributed by atoms with Crippen LogP contribution in [0.25, 0.3) is 0 Å². The molecular formula is C7H14N2O2. The van der Waals surface area contributed by atoms with Gasteiger partial charge < -0.3 is 10.8 Å². The summed E-state index contributed by atoms with van der Waals surface area (Å²) in [4.78, 5) is 9.87. The Morgan fingerprint density at radius 3 is 2.36 bits per heavy atom. The number of aliphatic carboxylic acids is 1. The monoisotopic (exact) mass is 158 g/mol. The second kappa shape index (κ2) is 11.5. The van der Waals surface area contributed by atoms with Crippen molar-refractivity contribution >= 4 is 5.97 Å². The molecule has 11 heavy (non-hydrogen) atoms. The Balaban J connectivity index is 0. The Morgan fingerprint density at radius 1 is 1.64 bits per heavy atom. The number of unbranched alkanes of at least 4 members (excludes halogenated alkanes) is 2. The van der Waals surface area contributed by atoms with Crippen LogP contribution in [0.15, 0.2) is 0 Å². The van der Waals surface area contributed by atoms with Gasteiger partial charge in [0.25, 0.3) is 0 Å². The molecule has 0 radical (unpaired) electrons. The molecule has 0 aliphatic carbocycles. The molecule has 0 aromatic carbocycles. The first-order chi connectivity index (χ1) is 5.18. The van der Waals surface area contributed by atoms with Gasteiger partial charge in [-0.3, -0.25) is 4.79 Å². The maximum absolute atomic E-state index is 9.87. The van der Waals surface area contributed by atoms with Gasteiger partial charge in [-0.2, -0.15) is 5.26 Å². The summed E-state index contributed by atoms with van der Waals surface area (Å²) in [6.07, 6.45) is 4.53. The van der Waals surface area contributed by atoms with Crippen molar-refractivity contribution < 1.29 is 9.90 Å². The molecule has 0 spiro atoms. The number of carboxylic acid groups (broad SMARTS) is 1. The van der Waals surface area contributed by atoms with Crippen LogP contribution in [0.1, 0.15) is 32.6 Å². The third-order valence-corrected chi connectivity index (χ3v) is 0.994. The maximum atomic E-state index is 9.87. The molecule has 0 aromatic heterocycles. The molecule has 0 heterocycles. The van der Waals surface area contributed by atoms with Crippen molar-refractivity contribution in [1.82, 2.24) is 0 Å². The van der Waals surface area contributed by atoms with Gasteiger partial charge in [0.2, 0.25) is 0 Å². The third kappa shape index (κ3) is 28.3. The van der Waals surface area contributed by atoms with Gasteiger partial charge in [0.05, 0.1) is 0 Å². The van der Waals surface area contributed by atoms with Crippen molar-refractivity contribution in [2.24, 2.45) is 5.73 Å². The summed E-state index contributed by atoms with van der Waals surface area (Å²) in [6.45, 7) is 2.06. The van der Waals surface area contributed by atoms with E-state index in [0.717, 1.165) is 19.3 Å². The Kier molecular flexibility index (Phi) is 13.1. The first-order valence-electron chi connectivity index (χ1n) is 3.50. The Bertz CT molecular complexity index is 129. The van der Waals surface area contributed by atoms with E-state index < -0.39 is 5.97 Å². The van der Waals surface area contributed by atoms with Crippen LogP contribution in [0, 0.1) is 11.5 Å². The standard InChI is InChI=1S/C6H12O2.CH2N2/c1-2-3-4-5-6(7)8;2-1-3/h2-5H2,1H3,(H,7,8);2H2. The van der Waals surface area contributed by atoms with Crippen LogP contribution in [0.5, 0.6) is 0 Å². The molecule has 0 bridgehead atoms. The number of hydrogen-bond donors (Lipinski definition) is 2. The van der Waals surface area contributed by atoms with E-state index in [-0.39, 0.29) is 0 Å². The zero-order valence-corrected chi connectivity index (χ0v) is 6.71. The largest absolute Gasteiger partial charge is 0.481 e. The summed E-state index contributed by atoms with van der Waals surface area (Å²) in [5.74, 6) is -0.682. The minimum Gasteiger partial charge on any atom is -0.481 e. The fourth-order valence-corrected chi connectivity index (χ4v) is 0.526. The molecule has 0 aromatic rings. The third-order valence-electron chi connectivity index (χ3n) is 0.994. The van der Waals surface area contributed by atoms with Crippen LogP contribution < -0.4 is 5.73 Å². The van der Waals surface area contributed by atoms with Gasteiger partial charge in [0.1, 0.15) is 0 Å². The lowest BCUT2D eigenvalue weighted by Gasteiger charge is -1.89.